The molecule has 0 radical (unpaired) electrons. The lowest BCUT2D eigenvalue weighted by Crippen LogP contribution is -2.54. The molecule has 2 atom stereocenters. The number of nitrogens with two attached hydrogens (primary N) is 1. The molecule has 1 aromatic carbocycles. The highest BCUT2D eigenvalue weighted by Crippen LogP contribution is 2.06. The fourth-order valence-electron chi connectivity index (χ4n) is 2.58. The van der Waals surface area contributed by atoms with Crippen molar-refractivity contribution in [3.63, 3.8) is 0 Å². The standard InChI is InChI=1S/C18H23N5O4/c1-23-11-20-10-13(23)8-14(21-16(24)9-19)17(25)22-15(18(26)27)7-12-5-3-2-4-6-12/h2-6,10-11,14-15H,7-9,19H2,1H3,(H,21,24)(H,22,25)(H,26,27)/t14-,15-/m0/s1. The van der Waals surface area contributed by atoms with Crippen LogP contribution in [0.5, 0.6) is 0 Å². The number of benzene rings is 1. The molecule has 9 nitrogen and oxygen atoms in total. The first kappa shape index (κ1) is 20.1. The number of carbonyl (C=O) groups is 3. The van der Waals surface area contributed by atoms with E-state index in [-0.39, 0.29) is 19.4 Å². The van der Waals surface area contributed by atoms with Gasteiger partial charge in [0.05, 0.1) is 12.9 Å². The van der Waals surface area contributed by atoms with E-state index in [0.717, 1.165) is 5.56 Å². The van der Waals surface area contributed by atoms with Crippen molar-refractivity contribution in [2.24, 2.45) is 12.8 Å². The largest absolute Gasteiger partial charge is 0.480 e. The Kier molecular flexibility index (Phi) is 7.07. The molecular formula is C18H23N5O4. The van der Waals surface area contributed by atoms with Crippen LogP contribution in [0.3, 0.4) is 0 Å². The van der Waals surface area contributed by atoms with Crippen LogP contribution in [-0.2, 0) is 34.3 Å². The Balaban J connectivity index is 2.12. The molecule has 0 aliphatic rings. The van der Waals surface area contributed by atoms with Gasteiger partial charge in [-0.3, -0.25) is 9.59 Å². The molecule has 5 N–H and O–H groups in total. The van der Waals surface area contributed by atoms with Crippen LogP contribution < -0.4 is 16.4 Å². The number of amides is 2. The van der Waals surface area contributed by atoms with Gasteiger partial charge >= 0.3 is 5.97 Å². The molecule has 2 aromatic rings. The van der Waals surface area contributed by atoms with Crippen molar-refractivity contribution in [1.29, 1.82) is 0 Å². The normalized spacial score (nSPS) is 12.8. The van der Waals surface area contributed by atoms with E-state index in [1.807, 2.05) is 6.07 Å². The lowest BCUT2D eigenvalue weighted by Gasteiger charge is -2.21. The monoisotopic (exact) mass is 373 g/mol. The number of hydrogen-bond acceptors (Lipinski definition) is 5. The zero-order chi connectivity index (χ0) is 19.8. The number of nitrogens with one attached hydrogen (secondary N) is 2. The van der Waals surface area contributed by atoms with Crippen LogP contribution in [0, 0.1) is 0 Å². The molecule has 1 aromatic heterocycles. The molecule has 0 saturated carbocycles. The molecule has 0 aliphatic heterocycles. The van der Waals surface area contributed by atoms with Crippen LogP contribution in [0.2, 0.25) is 0 Å². The Hall–Kier alpha value is -3.20. The number of nitrogens with zero attached hydrogens (tertiary/aromatic N) is 2. The Bertz CT molecular complexity index is 790. The molecular weight excluding hydrogens is 350 g/mol. The quantitative estimate of drug-likeness (QED) is 0.455. The number of carboxylic acids is 1. The van der Waals surface area contributed by atoms with Crippen LogP contribution in [0.1, 0.15) is 11.3 Å². The van der Waals surface area contributed by atoms with Gasteiger partial charge in [0, 0.05) is 31.8 Å². The number of hydrogen-bond donors (Lipinski definition) is 4. The predicted molar refractivity (Wildman–Crippen MR) is 97.6 cm³/mol. The molecule has 0 bridgehead atoms. The van der Waals surface area contributed by atoms with E-state index in [9.17, 15) is 19.5 Å². The fourth-order valence-corrected chi connectivity index (χ4v) is 2.58. The number of aromatic nitrogens is 2. The average molecular weight is 373 g/mol. The van der Waals surface area contributed by atoms with Gasteiger partial charge in [0.15, 0.2) is 0 Å². The van der Waals surface area contributed by atoms with Crippen LogP contribution in [0.25, 0.3) is 0 Å². The zero-order valence-electron chi connectivity index (χ0n) is 15.0. The highest BCUT2D eigenvalue weighted by molar-refractivity contribution is 5.91. The first-order chi connectivity index (χ1) is 12.9. The summed E-state index contributed by atoms with van der Waals surface area (Å²) in [5.41, 5.74) is 6.81. The molecule has 27 heavy (non-hydrogen) atoms. The zero-order valence-corrected chi connectivity index (χ0v) is 15.0. The van der Waals surface area contributed by atoms with E-state index in [1.54, 1.807) is 48.4 Å². The molecule has 0 saturated heterocycles. The van der Waals surface area contributed by atoms with Gasteiger partial charge in [-0.1, -0.05) is 30.3 Å². The summed E-state index contributed by atoms with van der Waals surface area (Å²) in [4.78, 5) is 39.9. The van der Waals surface area contributed by atoms with E-state index in [0.29, 0.717) is 5.69 Å². The second-order valence-corrected chi connectivity index (χ2v) is 6.11. The molecule has 9 heteroatoms. The van der Waals surface area contributed by atoms with E-state index < -0.39 is 29.9 Å². The van der Waals surface area contributed by atoms with Gasteiger partial charge in [0.2, 0.25) is 11.8 Å². The molecule has 2 amide bonds. The first-order valence-electron chi connectivity index (χ1n) is 8.42. The summed E-state index contributed by atoms with van der Waals surface area (Å²) in [5.74, 6) is -2.26. The molecule has 2 rings (SSSR count). The van der Waals surface area contributed by atoms with E-state index >= 15 is 0 Å². The lowest BCUT2D eigenvalue weighted by atomic mass is 10.0. The number of aliphatic carboxylic acids is 1. The highest BCUT2D eigenvalue weighted by atomic mass is 16.4. The van der Waals surface area contributed by atoms with Gasteiger partial charge < -0.3 is 26.0 Å². The summed E-state index contributed by atoms with van der Waals surface area (Å²) in [7, 11) is 1.76. The third-order valence-corrected chi connectivity index (χ3v) is 4.06. The van der Waals surface area contributed by atoms with Gasteiger partial charge in [0.25, 0.3) is 0 Å². The summed E-state index contributed by atoms with van der Waals surface area (Å²) < 4.78 is 1.72. The molecule has 0 unspecified atom stereocenters. The SMILES string of the molecule is Cn1cncc1C[C@H](NC(=O)CN)C(=O)N[C@@H](Cc1ccccc1)C(=O)O. The van der Waals surface area contributed by atoms with Gasteiger partial charge in [-0.15, -0.1) is 0 Å². The number of aryl methyl sites for hydroxylation is 1. The van der Waals surface area contributed by atoms with Gasteiger partial charge in [-0.2, -0.15) is 0 Å². The maximum Gasteiger partial charge on any atom is 0.326 e. The van der Waals surface area contributed by atoms with Crippen molar-refractivity contribution in [1.82, 2.24) is 20.2 Å². The number of carbonyl (C=O) groups excluding carboxylic acids is 2. The topological polar surface area (TPSA) is 139 Å². The van der Waals surface area contributed by atoms with Crippen molar-refractivity contribution >= 4 is 17.8 Å². The Morgan fingerprint density at radius 3 is 2.41 bits per heavy atom. The van der Waals surface area contributed by atoms with E-state index in [2.05, 4.69) is 15.6 Å². The summed E-state index contributed by atoms with van der Waals surface area (Å²) in [6, 6.07) is 6.89. The highest BCUT2D eigenvalue weighted by Gasteiger charge is 2.27. The number of imidazole rings is 1. The summed E-state index contributed by atoms with van der Waals surface area (Å²) >= 11 is 0. The maximum atomic E-state index is 12.7. The summed E-state index contributed by atoms with van der Waals surface area (Å²) in [5, 5.41) is 14.5. The molecule has 0 aliphatic carbocycles. The molecule has 144 valence electrons. The average Bonchev–Trinajstić information content (AvgIpc) is 3.05. The molecule has 0 fully saturated rings. The Morgan fingerprint density at radius 1 is 1.15 bits per heavy atom. The first-order valence-corrected chi connectivity index (χ1v) is 8.42. The minimum Gasteiger partial charge on any atom is -0.480 e. The third kappa shape index (κ3) is 5.93. The Labute approximate surface area is 156 Å². The number of carboxylic acid groups (broad SMARTS) is 1. The second kappa shape index (κ2) is 9.48. The number of rotatable bonds is 9. The van der Waals surface area contributed by atoms with Gasteiger partial charge in [0.1, 0.15) is 12.1 Å². The van der Waals surface area contributed by atoms with Gasteiger partial charge in [-0.25, -0.2) is 9.78 Å². The summed E-state index contributed by atoms with van der Waals surface area (Å²) in [6.45, 7) is -0.276. The van der Waals surface area contributed by atoms with Crippen LogP contribution in [0.4, 0.5) is 0 Å². The minimum atomic E-state index is -1.16. The van der Waals surface area contributed by atoms with Crippen molar-refractivity contribution in [3.8, 4) is 0 Å². The van der Waals surface area contributed by atoms with Crippen molar-refractivity contribution in [2.75, 3.05) is 6.54 Å². The van der Waals surface area contributed by atoms with Gasteiger partial charge in [-0.05, 0) is 5.56 Å². The maximum absolute atomic E-state index is 12.7. The lowest BCUT2D eigenvalue weighted by molar-refractivity contribution is -0.142. The third-order valence-electron chi connectivity index (χ3n) is 4.06. The predicted octanol–water partition coefficient (Wildman–Crippen LogP) is -0.782. The van der Waals surface area contributed by atoms with E-state index in [1.165, 1.54) is 0 Å². The van der Waals surface area contributed by atoms with E-state index in [4.69, 9.17) is 5.73 Å². The van der Waals surface area contributed by atoms with Crippen molar-refractivity contribution in [3.05, 3.63) is 54.1 Å². The van der Waals surface area contributed by atoms with Crippen molar-refractivity contribution in [2.45, 2.75) is 24.9 Å². The fraction of sp³-hybridized carbons (Fsp3) is 0.333. The smallest absolute Gasteiger partial charge is 0.326 e. The summed E-state index contributed by atoms with van der Waals surface area (Å²) in [6.07, 6.45) is 3.44. The van der Waals surface area contributed by atoms with Crippen LogP contribution in [-0.4, -0.2) is 51.1 Å². The minimum absolute atomic E-state index is 0.130. The molecule has 1 heterocycles. The molecule has 0 spiro atoms. The van der Waals surface area contributed by atoms with Crippen molar-refractivity contribution < 1.29 is 19.5 Å². The second-order valence-electron chi connectivity index (χ2n) is 6.11. The van der Waals surface area contributed by atoms with Crippen LogP contribution in [0.15, 0.2) is 42.9 Å². The van der Waals surface area contributed by atoms with Crippen LogP contribution >= 0.6 is 0 Å². The Morgan fingerprint density at radius 2 is 1.85 bits per heavy atom.